The smallest absolute Gasteiger partial charge is 0.272 e. The van der Waals surface area contributed by atoms with Crippen molar-refractivity contribution in [1.82, 2.24) is 14.1 Å². The van der Waals surface area contributed by atoms with E-state index < -0.39 is 0 Å². The molecule has 1 aromatic rings. The summed E-state index contributed by atoms with van der Waals surface area (Å²) in [4.78, 5) is 11.6. The van der Waals surface area contributed by atoms with Crippen LogP contribution in [0.1, 0.15) is 17.4 Å². The second kappa shape index (κ2) is 6.04. The summed E-state index contributed by atoms with van der Waals surface area (Å²) in [5.74, 6) is -0.247. The number of aliphatic hydroxyl groups excluding tert-OH is 1. The minimum Gasteiger partial charge on any atom is -0.395 e. The lowest BCUT2D eigenvalue weighted by Gasteiger charge is -2.20. The molecule has 5 nitrogen and oxygen atoms in total. The molecule has 0 aliphatic rings. The molecule has 0 aromatic carbocycles. The lowest BCUT2D eigenvalue weighted by atomic mass is 10.2. The van der Waals surface area contributed by atoms with Gasteiger partial charge in [0.25, 0.3) is 5.91 Å². The van der Waals surface area contributed by atoms with Crippen LogP contribution in [0.5, 0.6) is 0 Å². The Balaban J connectivity index is 2.51. The van der Waals surface area contributed by atoms with Crippen LogP contribution in [-0.2, 0) is 0 Å². The van der Waals surface area contributed by atoms with Gasteiger partial charge in [0.2, 0.25) is 0 Å². The van der Waals surface area contributed by atoms with Gasteiger partial charge in [0.1, 0.15) is 0 Å². The topological polar surface area (TPSA) is 75.1 Å². The number of amides is 1. The lowest BCUT2D eigenvalue weighted by molar-refractivity contribution is 0.0932. The third-order valence-electron chi connectivity index (χ3n) is 1.99. The fourth-order valence-corrected chi connectivity index (χ4v) is 2.11. The number of carbonyl (C=O) groups is 1. The van der Waals surface area contributed by atoms with Crippen molar-refractivity contribution >= 4 is 29.4 Å². The summed E-state index contributed by atoms with van der Waals surface area (Å²) in [5.41, 5.74) is 0.324. The van der Waals surface area contributed by atoms with Crippen LogP contribution in [0.3, 0.4) is 0 Å². The summed E-state index contributed by atoms with van der Waals surface area (Å²) in [6, 6.07) is -0.0980. The third-order valence-corrected chi connectivity index (χ3v) is 3.63. The van der Waals surface area contributed by atoms with Crippen molar-refractivity contribution < 1.29 is 9.90 Å². The molecule has 2 unspecified atom stereocenters. The molecule has 0 radical (unpaired) electrons. The average Bonchev–Trinajstić information content (AvgIpc) is 2.72. The summed E-state index contributed by atoms with van der Waals surface area (Å²) in [7, 11) is 0. The number of aromatic nitrogens is 2. The van der Waals surface area contributed by atoms with E-state index in [1.165, 1.54) is 18.0 Å². The number of thioether (sulfide) groups is 1. The monoisotopic (exact) mass is 247 g/mol. The molecule has 0 fully saturated rings. The molecule has 0 spiro atoms. The van der Waals surface area contributed by atoms with Crippen molar-refractivity contribution in [2.45, 2.75) is 18.2 Å². The van der Waals surface area contributed by atoms with Crippen LogP contribution in [0.25, 0.3) is 0 Å². The Hall–Kier alpha value is -0.660. The predicted molar refractivity (Wildman–Crippen MR) is 61.2 cm³/mol. The van der Waals surface area contributed by atoms with E-state index in [-0.39, 0.29) is 23.8 Å². The normalized spacial score (nSPS) is 14.6. The summed E-state index contributed by atoms with van der Waals surface area (Å²) in [6.07, 6.45) is 3.33. The molecule has 1 heterocycles. The molecule has 0 saturated carbocycles. The number of nitrogens with zero attached hydrogens (tertiary/aromatic N) is 2. The molecule has 0 bridgehead atoms. The van der Waals surface area contributed by atoms with Gasteiger partial charge in [-0.25, -0.2) is 0 Å². The van der Waals surface area contributed by atoms with E-state index in [0.29, 0.717) is 5.69 Å². The average molecular weight is 247 g/mol. The quantitative estimate of drug-likeness (QED) is 0.787. The molecule has 2 atom stereocenters. The molecule has 84 valence electrons. The molecule has 1 aromatic heterocycles. The predicted octanol–water partition coefficient (Wildman–Crippen LogP) is 0.380. The molecular weight excluding hydrogens is 234 g/mol. The van der Waals surface area contributed by atoms with E-state index in [1.54, 1.807) is 0 Å². The van der Waals surface area contributed by atoms with Gasteiger partial charge in [0.15, 0.2) is 5.69 Å². The molecule has 1 amide bonds. The van der Waals surface area contributed by atoms with Gasteiger partial charge in [-0.2, -0.15) is 20.5 Å². The van der Waals surface area contributed by atoms with Crippen LogP contribution < -0.4 is 5.32 Å². The zero-order chi connectivity index (χ0) is 11.3. The first-order chi connectivity index (χ1) is 7.19. The Labute approximate surface area is 96.6 Å². The lowest BCUT2D eigenvalue weighted by Crippen LogP contribution is -2.41. The van der Waals surface area contributed by atoms with Crippen LogP contribution in [-0.4, -0.2) is 43.9 Å². The van der Waals surface area contributed by atoms with Crippen molar-refractivity contribution in [1.29, 1.82) is 0 Å². The first-order valence-electron chi connectivity index (χ1n) is 4.41. The second-order valence-corrected chi connectivity index (χ2v) is 4.65. The highest BCUT2D eigenvalue weighted by Gasteiger charge is 2.19. The van der Waals surface area contributed by atoms with Crippen LogP contribution in [0.15, 0.2) is 6.20 Å². The van der Waals surface area contributed by atoms with Gasteiger partial charge >= 0.3 is 0 Å². The summed E-state index contributed by atoms with van der Waals surface area (Å²) in [6.45, 7) is 1.90. The zero-order valence-electron chi connectivity index (χ0n) is 8.51. The van der Waals surface area contributed by atoms with E-state index in [2.05, 4.69) is 14.1 Å². The van der Waals surface area contributed by atoms with E-state index in [4.69, 9.17) is 5.11 Å². The van der Waals surface area contributed by atoms with Crippen molar-refractivity contribution in [2.75, 3.05) is 12.9 Å². The van der Waals surface area contributed by atoms with Gasteiger partial charge in [-0.15, -0.1) is 0 Å². The highest BCUT2D eigenvalue weighted by Crippen LogP contribution is 2.10. The SMILES string of the molecule is CSC(CO)C(C)NC(=O)c1cnsn1. The highest BCUT2D eigenvalue weighted by molar-refractivity contribution is 7.99. The van der Waals surface area contributed by atoms with Gasteiger partial charge in [0.05, 0.1) is 24.5 Å². The minimum atomic E-state index is -0.247. The van der Waals surface area contributed by atoms with Gasteiger partial charge in [-0.1, -0.05) is 0 Å². The van der Waals surface area contributed by atoms with Crippen LogP contribution in [0.2, 0.25) is 0 Å². The highest BCUT2D eigenvalue weighted by atomic mass is 32.2. The Kier molecular flexibility index (Phi) is 5.00. The molecule has 2 N–H and O–H groups in total. The van der Waals surface area contributed by atoms with E-state index >= 15 is 0 Å². The van der Waals surface area contributed by atoms with Gasteiger partial charge < -0.3 is 10.4 Å². The second-order valence-electron chi connectivity index (χ2n) is 3.01. The molecule has 15 heavy (non-hydrogen) atoms. The first-order valence-corrected chi connectivity index (χ1v) is 6.43. The van der Waals surface area contributed by atoms with Crippen molar-refractivity contribution in [2.24, 2.45) is 0 Å². The number of aliphatic hydroxyl groups is 1. The van der Waals surface area contributed by atoms with Crippen molar-refractivity contribution in [3.63, 3.8) is 0 Å². The largest absolute Gasteiger partial charge is 0.395 e. The maximum absolute atomic E-state index is 11.6. The Morgan fingerprint density at radius 1 is 1.80 bits per heavy atom. The fourth-order valence-electron chi connectivity index (χ4n) is 1.08. The fraction of sp³-hybridized carbons (Fsp3) is 0.625. The Bertz CT molecular complexity index is 301. The molecule has 0 aliphatic heterocycles. The van der Waals surface area contributed by atoms with Crippen LogP contribution in [0, 0.1) is 0 Å². The summed E-state index contributed by atoms with van der Waals surface area (Å²) in [5, 5.41) is 11.8. The summed E-state index contributed by atoms with van der Waals surface area (Å²) < 4.78 is 7.58. The van der Waals surface area contributed by atoms with Gasteiger partial charge in [-0.05, 0) is 13.2 Å². The molecule has 7 heteroatoms. The Morgan fingerprint density at radius 2 is 2.53 bits per heavy atom. The van der Waals surface area contributed by atoms with Crippen molar-refractivity contribution in [3.8, 4) is 0 Å². The molecule has 0 saturated heterocycles. The number of hydrogen-bond donors (Lipinski definition) is 2. The number of rotatable bonds is 5. The molecule has 0 aliphatic carbocycles. The third kappa shape index (κ3) is 3.44. The number of nitrogens with one attached hydrogen (secondary N) is 1. The number of carbonyl (C=O) groups excluding carboxylic acids is 1. The minimum absolute atomic E-state index is 0.000505. The molecule has 1 rings (SSSR count). The maximum Gasteiger partial charge on any atom is 0.272 e. The zero-order valence-corrected chi connectivity index (χ0v) is 10.1. The summed E-state index contributed by atoms with van der Waals surface area (Å²) >= 11 is 2.52. The Morgan fingerprint density at radius 3 is 3.00 bits per heavy atom. The standard InChI is InChI=1S/C8H13N3O2S2/c1-5(7(4-12)14-2)10-8(13)6-3-9-15-11-6/h3,5,7,12H,4H2,1-2H3,(H,10,13). The van der Waals surface area contributed by atoms with E-state index in [1.807, 2.05) is 13.2 Å². The van der Waals surface area contributed by atoms with Crippen LogP contribution >= 0.6 is 23.5 Å². The van der Waals surface area contributed by atoms with Crippen LogP contribution in [0.4, 0.5) is 0 Å². The number of hydrogen-bond acceptors (Lipinski definition) is 6. The van der Waals surface area contributed by atoms with Gasteiger partial charge in [-0.3, -0.25) is 4.79 Å². The van der Waals surface area contributed by atoms with Crippen molar-refractivity contribution in [3.05, 3.63) is 11.9 Å². The first kappa shape index (κ1) is 12.4. The maximum atomic E-state index is 11.6. The van der Waals surface area contributed by atoms with Gasteiger partial charge in [0, 0.05) is 11.3 Å². The van der Waals surface area contributed by atoms with E-state index in [9.17, 15) is 4.79 Å². The molecular formula is C8H13N3O2S2. The van der Waals surface area contributed by atoms with E-state index in [0.717, 1.165) is 11.7 Å².